The first kappa shape index (κ1) is 13.8. The number of rotatable bonds is 4. The van der Waals surface area contributed by atoms with Crippen LogP contribution in [0.2, 0.25) is 0 Å². The predicted octanol–water partition coefficient (Wildman–Crippen LogP) is 4.57. The van der Waals surface area contributed by atoms with E-state index in [1.54, 1.807) is 0 Å². The molecular formula is C17H19BrN2. The van der Waals surface area contributed by atoms with Crippen molar-refractivity contribution < 1.29 is 0 Å². The third kappa shape index (κ3) is 2.79. The Morgan fingerprint density at radius 1 is 1.30 bits per heavy atom. The van der Waals surface area contributed by atoms with E-state index in [2.05, 4.69) is 63.5 Å². The molecule has 0 aliphatic heterocycles. The Morgan fingerprint density at radius 3 is 2.85 bits per heavy atom. The van der Waals surface area contributed by atoms with Gasteiger partial charge in [-0.3, -0.25) is 4.98 Å². The molecule has 104 valence electrons. The molecule has 1 aliphatic carbocycles. The molecule has 2 atom stereocenters. The predicted molar refractivity (Wildman–Crippen MR) is 85.6 cm³/mol. The fourth-order valence-electron chi connectivity index (χ4n) is 2.96. The van der Waals surface area contributed by atoms with E-state index in [0.717, 1.165) is 23.7 Å². The maximum Gasteiger partial charge on any atom is 0.0605 e. The number of nitrogens with one attached hydrogen (secondary N) is 1. The molecule has 0 radical (unpaired) electrons. The maximum absolute atomic E-state index is 4.57. The maximum atomic E-state index is 4.57. The van der Waals surface area contributed by atoms with Crippen molar-refractivity contribution >= 4 is 15.9 Å². The Kier molecular flexibility index (Phi) is 4.18. The van der Waals surface area contributed by atoms with Crippen LogP contribution in [0, 0.1) is 0 Å². The van der Waals surface area contributed by atoms with Crippen LogP contribution < -0.4 is 5.32 Å². The van der Waals surface area contributed by atoms with E-state index in [4.69, 9.17) is 0 Å². The normalized spacial score (nSPS) is 18.8. The molecule has 1 heterocycles. The van der Waals surface area contributed by atoms with Crippen LogP contribution in [0.4, 0.5) is 0 Å². The van der Waals surface area contributed by atoms with Gasteiger partial charge in [0.1, 0.15) is 0 Å². The molecule has 0 saturated heterocycles. The molecule has 0 amide bonds. The largest absolute Gasteiger partial charge is 0.302 e. The van der Waals surface area contributed by atoms with Gasteiger partial charge in [-0.05, 0) is 48.6 Å². The lowest BCUT2D eigenvalue weighted by Crippen LogP contribution is -2.25. The Balaban J connectivity index is 1.78. The van der Waals surface area contributed by atoms with Gasteiger partial charge in [0, 0.05) is 16.7 Å². The van der Waals surface area contributed by atoms with Gasteiger partial charge in [-0.2, -0.15) is 0 Å². The minimum absolute atomic E-state index is 0.389. The summed E-state index contributed by atoms with van der Waals surface area (Å²) in [6.07, 6.45) is 5.27. The number of benzene rings is 1. The van der Waals surface area contributed by atoms with Crippen molar-refractivity contribution in [3.8, 4) is 0 Å². The minimum Gasteiger partial charge on any atom is -0.302 e. The lowest BCUT2D eigenvalue weighted by molar-refractivity contribution is 0.428. The highest BCUT2D eigenvalue weighted by Gasteiger charge is 2.25. The van der Waals surface area contributed by atoms with Crippen molar-refractivity contribution in [3.63, 3.8) is 0 Å². The summed E-state index contributed by atoms with van der Waals surface area (Å²) in [6.45, 7) is 2.23. The molecular weight excluding hydrogens is 312 g/mol. The standard InChI is InChI=1S/C17H19BrN2/c1-2-15(12-5-8-14(18)9-6-12)20-16-10-7-13-4-3-11-19-17(13)16/h3-6,8-9,11,15-16,20H,2,7,10H2,1H3. The number of aryl methyl sites for hydroxylation is 1. The molecule has 1 aromatic heterocycles. The van der Waals surface area contributed by atoms with Gasteiger partial charge in [-0.15, -0.1) is 0 Å². The topological polar surface area (TPSA) is 24.9 Å². The van der Waals surface area contributed by atoms with Crippen LogP contribution in [0.1, 0.15) is 48.7 Å². The van der Waals surface area contributed by atoms with Gasteiger partial charge in [0.25, 0.3) is 0 Å². The van der Waals surface area contributed by atoms with E-state index in [0.29, 0.717) is 12.1 Å². The van der Waals surface area contributed by atoms with E-state index >= 15 is 0 Å². The van der Waals surface area contributed by atoms with E-state index in [9.17, 15) is 0 Å². The molecule has 0 bridgehead atoms. The number of pyridine rings is 1. The second-order valence-corrected chi connectivity index (χ2v) is 6.23. The zero-order chi connectivity index (χ0) is 13.9. The van der Waals surface area contributed by atoms with E-state index in [-0.39, 0.29) is 0 Å². The van der Waals surface area contributed by atoms with Crippen LogP contribution in [0.3, 0.4) is 0 Å². The summed E-state index contributed by atoms with van der Waals surface area (Å²) in [7, 11) is 0. The molecule has 1 N–H and O–H groups in total. The molecule has 2 aromatic rings. The average Bonchev–Trinajstić information content (AvgIpc) is 2.89. The van der Waals surface area contributed by atoms with Crippen molar-refractivity contribution in [2.75, 3.05) is 0 Å². The summed E-state index contributed by atoms with van der Waals surface area (Å²) in [5, 5.41) is 3.78. The Bertz CT molecular complexity index is 580. The number of hydrogen-bond donors (Lipinski definition) is 1. The summed E-state index contributed by atoms with van der Waals surface area (Å²) in [5.41, 5.74) is 3.99. The molecule has 2 unspecified atom stereocenters. The first-order chi connectivity index (χ1) is 9.78. The summed E-state index contributed by atoms with van der Waals surface area (Å²) < 4.78 is 1.13. The Morgan fingerprint density at radius 2 is 2.10 bits per heavy atom. The van der Waals surface area contributed by atoms with Crippen LogP contribution in [0.15, 0.2) is 47.1 Å². The smallest absolute Gasteiger partial charge is 0.0605 e. The van der Waals surface area contributed by atoms with Crippen LogP contribution >= 0.6 is 15.9 Å². The molecule has 1 aromatic carbocycles. The van der Waals surface area contributed by atoms with Crippen molar-refractivity contribution in [2.45, 2.75) is 38.3 Å². The van der Waals surface area contributed by atoms with Crippen molar-refractivity contribution in [2.24, 2.45) is 0 Å². The number of hydrogen-bond acceptors (Lipinski definition) is 2. The second kappa shape index (κ2) is 6.06. The van der Waals surface area contributed by atoms with E-state index in [1.807, 2.05) is 12.3 Å². The van der Waals surface area contributed by atoms with Crippen LogP contribution in [-0.2, 0) is 6.42 Å². The van der Waals surface area contributed by atoms with Gasteiger partial charge in [-0.25, -0.2) is 0 Å². The molecule has 0 fully saturated rings. The Labute approximate surface area is 128 Å². The van der Waals surface area contributed by atoms with Gasteiger partial charge in [0.05, 0.1) is 11.7 Å². The molecule has 0 spiro atoms. The Hall–Kier alpha value is -1.19. The van der Waals surface area contributed by atoms with Gasteiger partial charge < -0.3 is 5.32 Å². The highest BCUT2D eigenvalue weighted by molar-refractivity contribution is 9.10. The highest BCUT2D eigenvalue weighted by Crippen LogP contribution is 2.32. The molecule has 1 aliphatic rings. The van der Waals surface area contributed by atoms with E-state index in [1.165, 1.54) is 16.8 Å². The molecule has 3 heteroatoms. The first-order valence-corrected chi connectivity index (χ1v) is 8.02. The van der Waals surface area contributed by atoms with Crippen LogP contribution in [0.5, 0.6) is 0 Å². The van der Waals surface area contributed by atoms with Gasteiger partial charge in [-0.1, -0.05) is 41.1 Å². The van der Waals surface area contributed by atoms with E-state index < -0.39 is 0 Å². The van der Waals surface area contributed by atoms with Crippen molar-refractivity contribution in [3.05, 3.63) is 63.9 Å². The quantitative estimate of drug-likeness (QED) is 0.887. The number of fused-ring (bicyclic) bond motifs is 1. The fourth-order valence-corrected chi connectivity index (χ4v) is 3.23. The average molecular weight is 331 g/mol. The lowest BCUT2D eigenvalue weighted by atomic mass is 10.0. The molecule has 20 heavy (non-hydrogen) atoms. The van der Waals surface area contributed by atoms with Crippen LogP contribution in [0.25, 0.3) is 0 Å². The highest BCUT2D eigenvalue weighted by atomic mass is 79.9. The number of halogens is 1. The molecule has 0 saturated carbocycles. The number of aromatic nitrogens is 1. The zero-order valence-corrected chi connectivity index (χ0v) is 13.2. The summed E-state index contributed by atoms with van der Waals surface area (Å²) >= 11 is 3.50. The van der Waals surface area contributed by atoms with Crippen LogP contribution in [-0.4, -0.2) is 4.98 Å². The third-order valence-corrected chi connectivity index (χ3v) is 4.57. The van der Waals surface area contributed by atoms with Crippen molar-refractivity contribution in [1.82, 2.24) is 10.3 Å². The molecule has 3 rings (SSSR count). The minimum atomic E-state index is 0.389. The third-order valence-electron chi connectivity index (χ3n) is 4.04. The summed E-state index contributed by atoms with van der Waals surface area (Å²) in [6, 6.07) is 13.6. The van der Waals surface area contributed by atoms with Gasteiger partial charge in [0.15, 0.2) is 0 Å². The first-order valence-electron chi connectivity index (χ1n) is 7.23. The fraction of sp³-hybridized carbons (Fsp3) is 0.353. The second-order valence-electron chi connectivity index (χ2n) is 5.32. The lowest BCUT2D eigenvalue weighted by Gasteiger charge is -2.22. The van der Waals surface area contributed by atoms with Gasteiger partial charge >= 0.3 is 0 Å². The number of nitrogens with zero attached hydrogens (tertiary/aromatic N) is 1. The molecule has 2 nitrogen and oxygen atoms in total. The zero-order valence-electron chi connectivity index (χ0n) is 11.6. The monoisotopic (exact) mass is 330 g/mol. The van der Waals surface area contributed by atoms with Crippen molar-refractivity contribution in [1.29, 1.82) is 0 Å². The van der Waals surface area contributed by atoms with Gasteiger partial charge in [0.2, 0.25) is 0 Å². The summed E-state index contributed by atoms with van der Waals surface area (Å²) in [4.78, 5) is 4.57. The SMILES string of the molecule is CCC(NC1CCc2cccnc21)c1ccc(Br)cc1. The summed E-state index contributed by atoms with van der Waals surface area (Å²) in [5.74, 6) is 0.